The van der Waals surface area contributed by atoms with Crippen LogP contribution in [0, 0.1) is 0 Å². The van der Waals surface area contributed by atoms with Crippen LogP contribution in [0.15, 0.2) is 29.4 Å². The molecule has 84 valence electrons. The summed E-state index contributed by atoms with van der Waals surface area (Å²) in [6, 6.07) is 5.98. The molecule has 0 bridgehead atoms. The summed E-state index contributed by atoms with van der Waals surface area (Å²) < 4.78 is 5.22. The molecule has 1 aromatic heterocycles. The van der Waals surface area contributed by atoms with Gasteiger partial charge in [-0.1, -0.05) is 6.07 Å². The van der Waals surface area contributed by atoms with Gasteiger partial charge in [-0.15, -0.1) is 11.8 Å². The van der Waals surface area contributed by atoms with Gasteiger partial charge in [-0.3, -0.25) is 0 Å². The summed E-state index contributed by atoms with van der Waals surface area (Å²) in [5.74, 6) is 1.04. The first-order chi connectivity index (χ1) is 7.43. The summed E-state index contributed by atoms with van der Waals surface area (Å²) in [7, 11) is 0. The molecule has 1 rings (SSSR count). The fourth-order valence-electron chi connectivity index (χ4n) is 1.07. The van der Waals surface area contributed by atoms with Crippen LogP contribution < -0.4 is 5.32 Å². The Labute approximate surface area is 95.6 Å². The van der Waals surface area contributed by atoms with E-state index in [0.717, 1.165) is 37.1 Å². The molecule has 0 radical (unpaired) electrons. The lowest BCUT2D eigenvalue weighted by Gasteiger charge is -2.04. The molecule has 0 spiro atoms. The summed E-state index contributed by atoms with van der Waals surface area (Å²) in [5, 5.41) is 4.40. The SMILES string of the molecule is CCOCCNCCSc1ccccn1. The summed E-state index contributed by atoms with van der Waals surface area (Å²) in [6.45, 7) is 5.52. The minimum Gasteiger partial charge on any atom is -0.380 e. The molecule has 0 saturated heterocycles. The number of hydrogen-bond donors (Lipinski definition) is 1. The first-order valence-corrected chi connectivity index (χ1v) is 6.24. The Morgan fingerprint density at radius 1 is 1.40 bits per heavy atom. The first kappa shape index (κ1) is 12.5. The van der Waals surface area contributed by atoms with Gasteiger partial charge in [0.25, 0.3) is 0 Å². The number of thioether (sulfide) groups is 1. The van der Waals surface area contributed by atoms with Crippen LogP contribution in [0.4, 0.5) is 0 Å². The van der Waals surface area contributed by atoms with E-state index in [1.165, 1.54) is 0 Å². The van der Waals surface area contributed by atoms with Gasteiger partial charge < -0.3 is 10.1 Å². The minimum atomic E-state index is 0.796. The number of hydrogen-bond acceptors (Lipinski definition) is 4. The normalized spacial score (nSPS) is 10.5. The van der Waals surface area contributed by atoms with Crippen LogP contribution >= 0.6 is 11.8 Å². The average Bonchev–Trinajstić information content (AvgIpc) is 2.29. The Kier molecular flexibility index (Phi) is 7.25. The van der Waals surface area contributed by atoms with Gasteiger partial charge in [0.05, 0.1) is 11.6 Å². The highest BCUT2D eigenvalue weighted by molar-refractivity contribution is 7.99. The van der Waals surface area contributed by atoms with Gasteiger partial charge in [-0.05, 0) is 19.1 Å². The van der Waals surface area contributed by atoms with Gasteiger partial charge in [0, 0.05) is 31.6 Å². The van der Waals surface area contributed by atoms with E-state index < -0.39 is 0 Å². The van der Waals surface area contributed by atoms with Crippen LogP contribution in [0.1, 0.15) is 6.92 Å². The number of pyridine rings is 1. The van der Waals surface area contributed by atoms with E-state index in [1.54, 1.807) is 11.8 Å². The molecule has 0 atom stereocenters. The van der Waals surface area contributed by atoms with Crippen molar-refractivity contribution in [2.24, 2.45) is 0 Å². The molecule has 0 fully saturated rings. The molecule has 0 aromatic carbocycles. The van der Waals surface area contributed by atoms with Crippen LogP contribution in [0.3, 0.4) is 0 Å². The maximum absolute atomic E-state index is 5.22. The van der Waals surface area contributed by atoms with Crippen LogP contribution in [0.5, 0.6) is 0 Å². The van der Waals surface area contributed by atoms with Crippen LogP contribution in [0.25, 0.3) is 0 Å². The predicted octanol–water partition coefficient (Wildman–Crippen LogP) is 1.80. The van der Waals surface area contributed by atoms with E-state index in [9.17, 15) is 0 Å². The molecule has 0 aliphatic carbocycles. The largest absolute Gasteiger partial charge is 0.380 e. The Bertz CT molecular complexity index is 244. The molecule has 4 heteroatoms. The van der Waals surface area contributed by atoms with E-state index in [2.05, 4.69) is 10.3 Å². The second-order valence-corrected chi connectivity index (χ2v) is 4.08. The summed E-state index contributed by atoms with van der Waals surface area (Å²) in [6.07, 6.45) is 1.82. The Hall–Kier alpha value is -0.580. The Morgan fingerprint density at radius 2 is 2.33 bits per heavy atom. The van der Waals surface area contributed by atoms with E-state index >= 15 is 0 Å². The van der Waals surface area contributed by atoms with E-state index in [4.69, 9.17) is 4.74 Å². The second-order valence-electron chi connectivity index (χ2n) is 2.96. The Balaban J connectivity index is 1.93. The Morgan fingerprint density at radius 3 is 3.07 bits per heavy atom. The summed E-state index contributed by atoms with van der Waals surface area (Å²) in [4.78, 5) is 4.24. The highest BCUT2D eigenvalue weighted by atomic mass is 32.2. The smallest absolute Gasteiger partial charge is 0.0960 e. The van der Waals surface area contributed by atoms with E-state index in [0.29, 0.717) is 0 Å². The summed E-state index contributed by atoms with van der Waals surface area (Å²) in [5.41, 5.74) is 0. The summed E-state index contributed by atoms with van der Waals surface area (Å²) >= 11 is 1.77. The zero-order chi connectivity index (χ0) is 10.8. The molecule has 0 aliphatic heterocycles. The van der Waals surface area contributed by atoms with Gasteiger partial charge in [0.1, 0.15) is 0 Å². The molecular formula is C11H18N2OS. The van der Waals surface area contributed by atoms with Crippen molar-refractivity contribution in [1.82, 2.24) is 10.3 Å². The molecule has 0 amide bonds. The molecule has 1 aromatic rings. The lowest BCUT2D eigenvalue weighted by atomic mass is 10.5. The zero-order valence-corrected chi connectivity index (χ0v) is 9.93. The highest BCUT2D eigenvalue weighted by Gasteiger charge is 1.93. The third-order valence-corrected chi connectivity index (χ3v) is 2.74. The van der Waals surface area contributed by atoms with E-state index in [-0.39, 0.29) is 0 Å². The van der Waals surface area contributed by atoms with E-state index in [1.807, 2.05) is 31.3 Å². The van der Waals surface area contributed by atoms with Gasteiger partial charge in [0.15, 0.2) is 0 Å². The molecule has 0 unspecified atom stereocenters. The molecule has 15 heavy (non-hydrogen) atoms. The average molecular weight is 226 g/mol. The topological polar surface area (TPSA) is 34.1 Å². The highest BCUT2D eigenvalue weighted by Crippen LogP contribution is 2.12. The number of aromatic nitrogens is 1. The standard InChI is InChI=1S/C11H18N2OS/c1-2-14-9-7-12-8-10-15-11-5-3-4-6-13-11/h3-6,12H,2,7-10H2,1H3. The molecule has 3 nitrogen and oxygen atoms in total. The predicted molar refractivity (Wildman–Crippen MR) is 64.3 cm³/mol. The quantitative estimate of drug-likeness (QED) is 0.541. The maximum Gasteiger partial charge on any atom is 0.0960 e. The lowest BCUT2D eigenvalue weighted by molar-refractivity contribution is 0.150. The van der Waals surface area contributed by atoms with Crippen molar-refractivity contribution in [2.75, 3.05) is 32.1 Å². The number of nitrogens with zero attached hydrogens (tertiary/aromatic N) is 1. The van der Waals surface area contributed by atoms with Gasteiger partial charge in [-0.2, -0.15) is 0 Å². The van der Waals surface area contributed by atoms with Crippen molar-refractivity contribution >= 4 is 11.8 Å². The minimum absolute atomic E-state index is 0.796. The van der Waals surface area contributed by atoms with Crippen LogP contribution in [-0.4, -0.2) is 37.0 Å². The van der Waals surface area contributed by atoms with Crippen molar-refractivity contribution < 1.29 is 4.74 Å². The van der Waals surface area contributed by atoms with Crippen molar-refractivity contribution in [2.45, 2.75) is 11.9 Å². The first-order valence-electron chi connectivity index (χ1n) is 5.25. The third-order valence-electron chi connectivity index (χ3n) is 1.79. The van der Waals surface area contributed by atoms with Crippen molar-refractivity contribution in [3.8, 4) is 0 Å². The fourth-order valence-corrected chi connectivity index (χ4v) is 1.84. The monoisotopic (exact) mass is 226 g/mol. The molecule has 0 aliphatic rings. The van der Waals surface area contributed by atoms with Crippen molar-refractivity contribution in [3.63, 3.8) is 0 Å². The fraction of sp³-hybridized carbons (Fsp3) is 0.545. The molecule has 1 heterocycles. The number of ether oxygens (including phenoxy) is 1. The number of nitrogens with one attached hydrogen (secondary N) is 1. The van der Waals surface area contributed by atoms with Crippen LogP contribution in [-0.2, 0) is 4.74 Å². The van der Waals surface area contributed by atoms with Crippen molar-refractivity contribution in [1.29, 1.82) is 0 Å². The van der Waals surface area contributed by atoms with Gasteiger partial charge in [0.2, 0.25) is 0 Å². The lowest BCUT2D eigenvalue weighted by Crippen LogP contribution is -2.22. The van der Waals surface area contributed by atoms with Crippen molar-refractivity contribution in [3.05, 3.63) is 24.4 Å². The van der Waals surface area contributed by atoms with Gasteiger partial charge in [-0.25, -0.2) is 4.98 Å². The van der Waals surface area contributed by atoms with Crippen LogP contribution in [0.2, 0.25) is 0 Å². The number of rotatable bonds is 8. The second kappa shape index (κ2) is 8.71. The maximum atomic E-state index is 5.22. The molecule has 1 N–H and O–H groups in total. The third kappa shape index (κ3) is 6.49. The molecular weight excluding hydrogens is 208 g/mol. The zero-order valence-electron chi connectivity index (χ0n) is 9.11. The molecule has 0 saturated carbocycles. The van der Waals surface area contributed by atoms with Gasteiger partial charge >= 0.3 is 0 Å².